The van der Waals surface area contributed by atoms with E-state index < -0.39 is 0 Å². The summed E-state index contributed by atoms with van der Waals surface area (Å²) in [5.74, 6) is 2.73. The highest BCUT2D eigenvalue weighted by molar-refractivity contribution is 5.92. The van der Waals surface area contributed by atoms with E-state index in [4.69, 9.17) is 19.9 Å². The zero-order valence-corrected chi connectivity index (χ0v) is 15.2. The maximum atomic E-state index is 6.01. The van der Waals surface area contributed by atoms with Crippen LogP contribution in [0.25, 0.3) is 0 Å². The number of guanidine groups is 1. The lowest BCUT2D eigenvalue weighted by Crippen LogP contribution is -2.23. The lowest BCUT2D eigenvalue weighted by Gasteiger charge is -2.11. The fourth-order valence-corrected chi connectivity index (χ4v) is 2.83. The molecule has 0 saturated heterocycles. The highest BCUT2D eigenvalue weighted by Gasteiger charge is 2.11. The molecule has 2 aromatic carbocycles. The Morgan fingerprint density at radius 2 is 1.96 bits per heavy atom. The van der Waals surface area contributed by atoms with Gasteiger partial charge in [-0.25, -0.2) is 0 Å². The zero-order chi connectivity index (χ0) is 18.4. The Balaban J connectivity index is 1.60. The highest BCUT2D eigenvalue weighted by Crippen LogP contribution is 2.32. The number of benzene rings is 2. The number of methoxy groups -OCH3 is 1. The molecule has 0 aromatic heterocycles. The van der Waals surface area contributed by atoms with E-state index >= 15 is 0 Å². The van der Waals surface area contributed by atoms with Crippen molar-refractivity contribution in [2.45, 2.75) is 19.8 Å². The summed E-state index contributed by atoms with van der Waals surface area (Å²) in [5, 5.41) is 3.10. The van der Waals surface area contributed by atoms with E-state index in [-0.39, 0.29) is 0 Å². The van der Waals surface area contributed by atoms with Crippen LogP contribution in [0.1, 0.15) is 17.5 Å². The summed E-state index contributed by atoms with van der Waals surface area (Å²) in [4.78, 5) is 4.41. The molecule has 1 aliphatic rings. The summed E-state index contributed by atoms with van der Waals surface area (Å²) < 4.78 is 16.7. The monoisotopic (exact) mass is 355 g/mol. The molecule has 0 atom stereocenters. The van der Waals surface area contributed by atoms with Gasteiger partial charge >= 0.3 is 0 Å². The summed E-state index contributed by atoms with van der Waals surface area (Å²) >= 11 is 0. The van der Waals surface area contributed by atoms with Crippen molar-refractivity contribution in [1.29, 1.82) is 0 Å². The molecule has 0 aliphatic carbocycles. The molecule has 6 heteroatoms. The Hall–Kier alpha value is -2.89. The number of rotatable bonds is 5. The molecule has 0 spiro atoms. The third-order valence-corrected chi connectivity index (χ3v) is 4.12. The second-order valence-electron chi connectivity index (χ2n) is 6.17. The van der Waals surface area contributed by atoms with E-state index in [2.05, 4.69) is 23.3 Å². The quantitative estimate of drug-likeness (QED) is 0.636. The van der Waals surface area contributed by atoms with Crippen molar-refractivity contribution in [1.82, 2.24) is 0 Å². The van der Waals surface area contributed by atoms with Gasteiger partial charge in [0.1, 0.15) is 5.75 Å². The number of anilines is 1. The van der Waals surface area contributed by atoms with E-state index in [9.17, 15) is 0 Å². The van der Waals surface area contributed by atoms with Crippen LogP contribution in [0, 0.1) is 6.92 Å². The van der Waals surface area contributed by atoms with Gasteiger partial charge < -0.3 is 25.3 Å². The minimum atomic E-state index is 0.367. The Labute approximate surface area is 154 Å². The van der Waals surface area contributed by atoms with Gasteiger partial charge in [0.2, 0.25) is 0 Å². The molecule has 0 amide bonds. The molecule has 0 radical (unpaired) electrons. The normalized spacial score (nSPS) is 13.8. The van der Waals surface area contributed by atoms with Crippen LogP contribution in [0.4, 0.5) is 5.69 Å². The molecule has 26 heavy (non-hydrogen) atoms. The Morgan fingerprint density at radius 3 is 2.77 bits per heavy atom. The molecule has 3 rings (SSSR count). The lowest BCUT2D eigenvalue weighted by molar-refractivity contribution is 0.297. The van der Waals surface area contributed by atoms with E-state index in [1.165, 1.54) is 5.56 Å². The molecule has 0 unspecified atom stereocenters. The largest absolute Gasteiger partial charge is 0.496 e. The van der Waals surface area contributed by atoms with E-state index in [0.717, 1.165) is 41.3 Å². The van der Waals surface area contributed by atoms with Crippen molar-refractivity contribution in [3.05, 3.63) is 47.5 Å². The van der Waals surface area contributed by atoms with Gasteiger partial charge in [-0.2, -0.15) is 0 Å². The first-order chi connectivity index (χ1) is 12.7. The van der Waals surface area contributed by atoms with Crippen molar-refractivity contribution < 1.29 is 14.2 Å². The van der Waals surface area contributed by atoms with Crippen LogP contribution in [0.3, 0.4) is 0 Å². The maximum absolute atomic E-state index is 6.01. The standard InChI is InChI=1S/C20H25N3O3/c1-14-4-6-17(24-2)15(12-14)8-9-22-20(21)23-16-5-7-18-19(13-16)26-11-3-10-25-18/h4-7,12-13H,3,8-11H2,1-2H3,(H3,21,22,23). The average Bonchev–Trinajstić information content (AvgIpc) is 2.87. The summed E-state index contributed by atoms with van der Waals surface area (Å²) in [6.07, 6.45) is 1.64. The molecular formula is C20H25N3O3. The third-order valence-electron chi connectivity index (χ3n) is 4.12. The zero-order valence-electron chi connectivity index (χ0n) is 15.2. The number of nitrogens with one attached hydrogen (secondary N) is 1. The van der Waals surface area contributed by atoms with Gasteiger partial charge in [0.15, 0.2) is 17.5 Å². The molecular weight excluding hydrogens is 330 g/mol. The second-order valence-corrected chi connectivity index (χ2v) is 6.17. The average molecular weight is 355 g/mol. The second kappa shape index (κ2) is 8.47. The number of nitrogens with zero attached hydrogens (tertiary/aromatic N) is 1. The van der Waals surface area contributed by atoms with E-state index in [0.29, 0.717) is 25.7 Å². The Morgan fingerprint density at radius 1 is 1.15 bits per heavy atom. The Bertz CT molecular complexity index is 790. The fraction of sp³-hybridized carbons (Fsp3) is 0.350. The van der Waals surface area contributed by atoms with Gasteiger partial charge in [-0.15, -0.1) is 0 Å². The predicted molar refractivity (Wildman–Crippen MR) is 104 cm³/mol. The minimum Gasteiger partial charge on any atom is -0.496 e. The lowest BCUT2D eigenvalue weighted by atomic mass is 10.1. The summed E-state index contributed by atoms with van der Waals surface area (Å²) in [7, 11) is 1.68. The first kappa shape index (κ1) is 17.9. The van der Waals surface area contributed by atoms with Gasteiger partial charge in [-0.3, -0.25) is 4.99 Å². The van der Waals surface area contributed by atoms with Gasteiger partial charge in [0, 0.05) is 24.7 Å². The van der Waals surface area contributed by atoms with E-state index in [1.54, 1.807) is 7.11 Å². The van der Waals surface area contributed by atoms with Gasteiger partial charge in [-0.05, 0) is 37.1 Å². The fourth-order valence-electron chi connectivity index (χ4n) is 2.83. The molecule has 1 heterocycles. The molecule has 138 valence electrons. The van der Waals surface area contributed by atoms with Crippen molar-refractivity contribution in [3.8, 4) is 17.2 Å². The molecule has 6 nitrogen and oxygen atoms in total. The van der Waals surface area contributed by atoms with Crippen LogP contribution < -0.4 is 25.3 Å². The van der Waals surface area contributed by atoms with Crippen molar-refractivity contribution in [2.24, 2.45) is 10.7 Å². The summed E-state index contributed by atoms with van der Waals surface area (Å²) in [6.45, 7) is 3.96. The number of fused-ring (bicyclic) bond motifs is 1. The van der Waals surface area contributed by atoms with Crippen LogP contribution in [-0.4, -0.2) is 32.8 Å². The third kappa shape index (κ3) is 4.59. The molecule has 2 aromatic rings. The molecule has 0 bridgehead atoms. The number of hydrogen-bond donors (Lipinski definition) is 2. The van der Waals surface area contributed by atoms with E-state index in [1.807, 2.05) is 30.3 Å². The van der Waals surface area contributed by atoms with Crippen LogP contribution in [0.5, 0.6) is 17.2 Å². The smallest absolute Gasteiger partial charge is 0.193 e. The van der Waals surface area contributed by atoms with Gasteiger partial charge in [0.05, 0.1) is 20.3 Å². The van der Waals surface area contributed by atoms with Gasteiger partial charge in [-0.1, -0.05) is 17.7 Å². The van der Waals surface area contributed by atoms with Crippen LogP contribution >= 0.6 is 0 Å². The molecule has 1 aliphatic heterocycles. The first-order valence-electron chi connectivity index (χ1n) is 8.76. The highest BCUT2D eigenvalue weighted by atomic mass is 16.5. The van der Waals surface area contributed by atoms with Crippen LogP contribution in [-0.2, 0) is 6.42 Å². The van der Waals surface area contributed by atoms with Crippen LogP contribution in [0.2, 0.25) is 0 Å². The minimum absolute atomic E-state index is 0.367. The molecule has 0 fully saturated rings. The predicted octanol–water partition coefficient (Wildman–Crippen LogP) is 3.13. The SMILES string of the molecule is COc1ccc(C)cc1CCN=C(N)Nc1ccc2c(c1)OCCCO2. The Kier molecular flexibility index (Phi) is 5.84. The van der Waals surface area contributed by atoms with Crippen molar-refractivity contribution in [3.63, 3.8) is 0 Å². The number of nitrogens with two attached hydrogens (primary N) is 1. The summed E-state index contributed by atoms with van der Waals surface area (Å²) in [5.41, 5.74) is 9.16. The number of aryl methyl sites for hydroxylation is 1. The number of hydrogen-bond acceptors (Lipinski definition) is 4. The van der Waals surface area contributed by atoms with Gasteiger partial charge in [0.25, 0.3) is 0 Å². The molecule has 0 saturated carbocycles. The number of aliphatic imine (C=N–C) groups is 1. The topological polar surface area (TPSA) is 78.1 Å². The van der Waals surface area contributed by atoms with Crippen LogP contribution in [0.15, 0.2) is 41.4 Å². The maximum Gasteiger partial charge on any atom is 0.193 e. The summed E-state index contributed by atoms with van der Waals surface area (Å²) in [6, 6.07) is 11.8. The van der Waals surface area contributed by atoms with Crippen molar-refractivity contribution in [2.75, 3.05) is 32.2 Å². The van der Waals surface area contributed by atoms with Crippen molar-refractivity contribution >= 4 is 11.6 Å². The molecule has 3 N–H and O–H groups in total. The first-order valence-corrected chi connectivity index (χ1v) is 8.76. The number of ether oxygens (including phenoxy) is 3.